The lowest BCUT2D eigenvalue weighted by Crippen LogP contribution is -2.50. The molecule has 0 aliphatic carbocycles. The van der Waals surface area contributed by atoms with E-state index in [4.69, 9.17) is 0 Å². The second kappa shape index (κ2) is 14.5. The zero-order valence-corrected chi connectivity index (χ0v) is 17.1. The van der Waals surface area contributed by atoms with E-state index in [2.05, 4.69) is 52.1 Å². The minimum Gasteiger partial charge on any atom is -0.306 e. The van der Waals surface area contributed by atoms with Crippen LogP contribution in [0, 0.1) is 0 Å². The van der Waals surface area contributed by atoms with Gasteiger partial charge in [-0.05, 0) is 51.9 Å². The second-order valence-electron chi connectivity index (χ2n) is 5.80. The summed E-state index contributed by atoms with van der Waals surface area (Å²) < 4.78 is 5.55. The highest BCUT2D eigenvalue weighted by atomic mass is 79.9. The normalized spacial score (nSPS) is 12.0. The van der Waals surface area contributed by atoms with Crippen LogP contribution in [-0.2, 0) is 0 Å². The average molecular weight is 365 g/mol. The molecule has 4 heteroatoms. The molecule has 0 unspecified atom stereocenters. The van der Waals surface area contributed by atoms with Gasteiger partial charge in [-0.1, -0.05) is 68.7 Å². The fourth-order valence-corrected chi connectivity index (χ4v) is 6.83. The quantitative estimate of drug-likeness (QED) is 0.319. The van der Waals surface area contributed by atoms with Crippen molar-refractivity contribution in [3.63, 3.8) is 0 Å². The van der Waals surface area contributed by atoms with Crippen LogP contribution in [0.2, 0.25) is 0 Å². The predicted octanol–water partition coefficient (Wildman–Crippen LogP) is 4.90. The van der Waals surface area contributed by atoms with E-state index in [0.717, 1.165) is 0 Å². The van der Waals surface area contributed by atoms with Gasteiger partial charge in [0, 0.05) is 0 Å². The van der Waals surface area contributed by atoms with Crippen LogP contribution < -0.4 is 0 Å². The van der Waals surface area contributed by atoms with Crippen molar-refractivity contribution < 1.29 is 0 Å². The largest absolute Gasteiger partial charge is 0.306 e. The van der Waals surface area contributed by atoms with Crippen molar-refractivity contribution in [3.05, 3.63) is 0 Å². The fraction of sp³-hybridized carbons (Fsp3) is 1.00. The third kappa shape index (κ3) is 9.53. The van der Waals surface area contributed by atoms with Crippen LogP contribution in [0.5, 0.6) is 0 Å². The van der Waals surface area contributed by atoms with Gasteiger partial charge in [0.2, 0.25) is 0 Å². The van der Waals surface area contributed by atoms with Crippen molar-refractivity contribution in [2.45, 2.75) is 79.1 Å². The Kier molecular flexibility index (Phi) is 15.0. The van der Waals surface area contributed by atoms with Crippen molar-refractivity contribution in [2.75, 3.05) is 26.2 Å². The third-order valence-electron chi connectivity index (χ3n) is 3.80. The Labute approximate surface area is 137 Å². The number of hydrogen-bond donors (Lipinski definition) is 0. The van der Waals surface area contributed by atoms with Gasteiger partial charge in [0.25, 0.3) is 7.74 Å². The molecule has 0 aromatic rings. The molecule has 20 heavy (non-hydrogen) atoms. The Bertz CT molecular complexity index is 169. The van der Waals surface area contributed by atoms with E-state index in [1.807, 2.05) is 0 Å². The monoisotopic (exact) mass is 364 g/mol. The van der Waals surface area contributed by atoms with Crippen LogP contribution in [-0.4, -0.2) is 43.0 Å². The number of rotatable bonds is 14. The first kappa shape index (κ1) is 20.6. The molecule has 0 atom stereocenters. The third-order valence-corrected chi connectivity index (χ3v) is 9.51. The average Bonchev–Trinajstić information content (AvgIpc) is 2.47. The van der Waals surface area contributed by atoms with Crippen LogP contribution >= 0.6 is 15.3 Å². The lowest BCUT2D eigenvalue weighted by atomic mass is 10.3. The molecule has 0 heterocycles. The first-order valence-electron chi connectivity index (χ1n) is 8.83. The van der Waals surface area contributed by atoms with Crippen LogP contribution in [0.25, 0.3) is 0 Å². The highest BCUT2D eigenvalue weighted by Gasteiger charge is 2.23. The SMILES string of the molecule is CCCCN(CCCC)[SiH](Br)N(CCCC)CCCC. The van der Waals surface area contributed by atoms with E-state index in [9.17, 15) is 0 Å². The summed E-state index contributed by atoms with van der Waals surface area (Å²) in [6.45, 7) is 14.3. The highest BCUT2D eigenvalue weighted by molar-refractivity contribution is 9.24. The zero-order chi connectivity index (χ0) is 15.2. The Hall–Kier alpha value is 0.617. The summed E-state index contributed by atoms with van der Waals surface area (Å²) in [5.41, 5.74) is 0. The summed E-state index contributed by atoms with van der Waals surface area (Å²) in [6.07, 6.45) is 10.6. The summed E-state index contributed by atoms with van der Waals surface area (Å²) in [6, 6.07) is 0. The second-order valence-corrected chi connectivity index (χ2v) is 10.3. The Morgan fingerprint density at radius 3 is 1.05 bits per heavy atom. The van der Waals surface area contributed by atoms with Crippen molar-refractivity contribution in [3.8, 4) is 0 Å². The van der Waals surface area contributed by atoms with Crippen molar-refractivity contribution in [1.82, 2.24) is 9.13 Å². The van der Waals surface area contributed by atoms with Crippen LogP contribution in [0.4, 0.5) is 0 Å². The van der Waals surface area contributed by atoms with Crippen LogP contribution in [0.3, 0.4) is 0 Å². The van der Waals surface area contributed by atoms with E-state index in [1.54, 1.807) is 0 Å². The smallest absolute Gasteiger partial charge is 0.264 e. The Morgan fingerprint density at radius 2 is 0.850 bits per heavy atom. The molecule has 0 N–H and O–H groups in total. The summed E-state index contributed by atoms with van der Waals surface area (Å²) in [5.74, 6) is 0. The molecule has 0 aliphatic heterocycles. The van der Waals surface area contributed by atoms with E-state index >= 15 is 0 Å². The summed E-state index contributed by atoms with van der Waals surface area (Å²) in [4.78, 5) is 0. The maximum absolute atomic E-state index is 4.12. The number of halogens is 1. The predicted molar refractivity (Wildman–Crippen MR) is 98.9 cm³/mol. The molecular weight excluding hydrogens is 328 g/mol. The molecule has 0 spiro atoms. The van der Waals surface area contributed by atoms with E-state index in [0.29, 0.717) is 0 Å². The molecule has 0 amide bonds. The van der Waals surface area contributed by atoms with E-state index in [1.165, 1.54) is 77.5 Å². The first-order valence-corrected chi connectivity index (χ1v) is 13.0. The molecule has 0 bridgehead atoms. The maximum atomic E-state index is 4.12. The molecule has 0 rings (SSSR count). The Balaban J connectivity index is 4.49. The van der Waals surface area contributed by atoms with Crippen LogP contribution in [0.15, 0.2) is 0 Å². The van der Waals surface area contributed by atoms with Gasteiger partial charge < -0.3 is 9.13 Å². The van der Waals surface area contributed by atoms with E-state index in [-0.39, 0.29) is 0 Å². The Morgan fingerprint density at radius 1 is 0.600 bits per heavy atom. The zero-order valence-electron chi connectivity index (χ0n) is 14.3. The molecule has 0 aromatic heterocycles. The van der Waals surface area contributed by atoms with E-state index < -0.39 is 7.74 Å². The number of nitrogens with zero attached hydrogens (tertiary/aromatic N) is 2. The molecule has 0 saturated carbocycles. The van der Waals surface area contributed by atoms with Crippen molar-refractivity contribution >= 4 is 23.0 Å². The van der Waals surface area contributed by atoms with Gasteiger partial charge in [0.05, 0.1) is 0 Å². The van der Waals surface area contributed by atoms with Gasteiger partial charge in [-0.25, -0.2) is 0 Å². The molecule has 122 valence electrons. The topological polar surface area (TPSA) is 6.48 Å². The number of hydrogen-bond acceptors (Lipinski definition) is 2. The number of unbranched alkanes of at least 4 members (excludes halogenated alkanes) is 4. The maximum Gasteiger partial charge on any atom is 0.264 e. The van der Waals surface area contributed by atoms with Crippen molar-refractivity contribution in [2.24, 2.45) is 0 Å². The molecule has 0 aromatic carbocycles. The lowest BCUT2D eigenvalue weighted by Gasteiger charge is -2.35. The molecular formula is C16H37BrN2Si. The fourth-order valence-electron chi connectivity index (χ4n) is 2.33. The molecule has 0 aliphatic rings. The van der Waals surface area contributed by atoms with Gasteiger partial charge >= 0.3 is 0 Å². The minimum atomic E-state index is -1.08. The highest BCUT2D eigenvalue weighted by Crippen LogP contribution is 2.14. The van der Waals surface area contributed by atoms with Crippen LogP contribution in [0.1, 0.15) is 79.1 Å². The molecule has 2 nitrogen and oxygen atoms in total. The van der Waals surface area contributed by atoms with Gasteiger partial charge in [-0.15, -0.1) is 0 Å². The summed E-state index contributed by atoms with van der Waals surface area (Å²) in [7, 11) is -1.08. The lowest BCUT2D eigenvalue weighted by molar-refractivity contribution is 0.339. The minimum absolute atomic E-state index is 1.08. The standard InChI is InChI=1S/C16H37BrN2Si/c1-5-9-13-18(14-10-6-2)20(17)19(15-11-7-3)16-12-8-4/h20H,5-16H2,1-4H3. The molecule has 0 radical (unpaired) electrons. The molecule has 0 fully saturated rings. The summed E-state index contributed by atoms with van der Waals surface area (Å²) >= 11 is 4.12. The van der Waals surface area contributed by atoms with Gasteiger partial charge in [0.15, 0.2) is 0 Å². The molecule has 0 saturated heterocycles. The van der Waals surface area contributed by atoms with Crippen molar-refractivity contribution in [1.29, 1.82) is 0 Å². The first-order chi connectivity index (χ1) is 9.71. The van der Waals surface area contributed by atoms with Gasteiger partial charge in [0.1, 0.15) is 0 Å². The summed E-state index contributed by atoms with van der Waals surface area (Å²) in [5, 5.41) is 0. The van der Waals surface area contributed by atoms with Gasteiger partial charge in [-0.2, -0.15) is 0 Å². The van der Waals surface area contributed by atoms with Gasteiger partial charge in [-0.3, -0.25) is 0 Å².